The first kappa shape index (κ1) is 15.7. The first-order valence-corrected chi connectivity index (χ1v) is 7.19. The molecule has 0 spiro atoms. The molecule has 0 saturated carbocycles. The van der Waals surface area contributed by atoms with E-state index in [2.05, 4.69) is 0 Å². The molecule has 1 aliphatic rings. The third-order valence-electron chi connectivity index (χ3n) is 3.57. The number of carbonyl (C=O) groups excluding carboxylic acids is 1. The van der Waals surface area contributed by atoms with Crippen molar-refractivity contribution < 1.29 is 28.8 Å². The van der Waals surface area contributed by atoms with Crippen molar-refractivity contribution in [1.29, 1.82) is 0 Å². The summed E-state index contributed by atoms with van der Waals surface area (Å²) >= 11 is 0. The van der Waals surface area contributed by atoms with Crippen LogP contribution in [-0.4, -0.2) is 31.9 Å². The van der Waals surface area contributed by atoms with Gasteiger partial charge in [-0.2, -0.15) is 0 Å². The van der Waals surface area contributed by atoms with Gasteiger partial charge in [0.2, 0.25) is 12.5 Å². The number of allylic oxidation sites excluding steroid dienone is 1. The first-order chi connectivity index (χ1) is 11.6. The summed E-state index contributed by atoms with van der Waals surface area (Å²) in [5.74, 6) is 1.50. The number of methoxy groups -OCH3 is 2. The number of phenolic OH excluding ortho intramolecular Hbond substituents is 1. The molecule has 1 aliphatic heterocycles. The van der Waals surface area contributed by atoms with Gasteiger partial charge < -0.3 is 24.1 Å². The molecule has 6 nitrogen and oxygen atoms in total. The van der Waals surface area contributed by atoms with Crippen LogP contribution in [0.5, 0.6) is 28.7 Å². The summed E-state index contributed by atoms with van der Waals surface area (Å²) in [5, 5.41) is 9.88. The van der Waals surface area contributed by atoms with Crippen molar-refractivity contribution in [2.75, 3.05) is 21.0 Å². The van der Waals surface area contributed by atoms with Crippen LogP contribution in [0.2, 0.25) is 0 Å². The Morgan fingerprint density at radius 1 is 1.17 bits per heavy atom. The molecular weight excluding hydrogens is 312 g/mol. The SMILES string of the molecule is COc1ccc(OC)c(C(=O)/C=C/c2cc(O)c3c(c2)OCO3)c1. The summed E-state index contributed by atoms with van der Waals surface area (Å²) < 4.78 is 20.7. The number of fused-ring (bicyclic) bond motifs is 1. The van der Waals surface area contributed by atoms with Gasteiger partial charge in [-0.3, -0.25) is 4.79 Å². The van der Waals surface area contributed by atoms with E-state index in [0.29, 0.717) is 34.1 Å². The van der Waals surface area contributed by atoms with E-state index in [1.807, 2.05) is 0 Å². The average Bonchev–Trinajstić information content (AvgIpc) is 3.08. The zero-order chi connectivity index (χ0) is 17.1. The lowest BCUT2D eigenvalue weighted by molar-refractivity contribution is 0.104. The minimum atomic E-state index is -0.247. The quantitative estimate of drug-likeness (QED) is 0.672. The van der Waals surface area contributed by atoms with Gasteiger partial charge in [0.1, 0.15) is 11.5 Å². The van der Waals surface area contributed by atoms with E-state index in [9.17, 15) is 9.90 Å². The molecule has 3 rings (SSSR count). The minimum absolute atomic E-state index is 0.0314. The fourth-order valence-corrected chi connectivity index (χ4v) is 2.38. The molecule has 0 radical (unpaired) electrons. The maximum Gasteiger partial charge on any atom is 0.231 e. The Morgan fingerprint density at radius 3 is 2.75 bits per heavy atom. The van der Waals surface area contributed by atoms with E-state index < -0.39 is 0 Å². The van der Waals surface area contributed by atoms with E-state index in [0.717, 1.165) is 0 Å². The first-order valence-electron chi connectivity index (χ1n) is 7.19. The summed E-state index contributed by atoms with van der Waals surface area (Å²) in [6.07, 6.45) is 2.98. The highest BCUT2D eigenvalue weighted by Gasteiger charge is 2.18. The fourth-order valence-electron chi connectivity index (χ4n) is 2.38. The maximum atomic E-state index is 12.4. The highest BCUT2D eigenvalue weighted by molar-refractivity contribution is 6.09. The predicted molar refractivity (Wildman–Crippen MR) is 87.1 cm³/mol. The summed E-state index contributed by atoms with van der Waals surface area (Å²) in [5.41, 5.74) is 1.00. The number of benzene rings is 2. The number of rotatable bonds is 5. The topological polar surface area (TPSA) is 74.2 Å². The van der Waals surface area contributed by atoms with Gasteiger partial charge in [0.15, 0.2) is 17.3 Å². The van der Waals surface area contributed by atoms with Gasteiger partial charge in [-0.1, -0.05) is 6.08 Å². The molecule has 0 aliphatic carbocycles. The summed E-state index contributed by atoms with van der Waals surface area (Å²) in [4.78, 5) is 12.4. The Hall–Kier alpha value is -3.15. The lowest BCUT2D eigenvalue weighted by Crippen LogP contribution is -1.99. The molecule has 6 heteroatoms. The predicted octanol–water partition coefficient (Wildman–Crippen LogP) is 3.03. The van der Waals surface area contributed by atoms with E-state index in [-0.39, 0.29) is 18.3 Å². The van der Waals surface area contributed by atoms with Crippen LogP contribution >= 0.6 is 0 Å². The monoisotopic (exact) mass is 328 g/mol. The Balaban J connectivity index is 1.87. The molecular formula is C18H16O6. The highest BCUT2D eigenvalue weighted by atomic mass is 16.7. The molecule has 0 unspecified atom stereocenters. The molecule has 0 amide bonds. The molecule has 0 saturated heterocycles. The summed E-state index contributed by atoms with van der Waals surface area (Å²) in [6.45, 7) is 0.0655. The van der Waals surface area contributed by atoms with Gasteiger partial charge in [-0.15, -0.1) is 0 Å². The standard InChI is InChI=1S/C18H16O6/c1-21-12-4-6-16(22-2)13(9-12)14(19)5-3-11-7-15(20)18-17(8-11)23-10-24-18/h3-9,20H,10H2,1-2H3/b5-3+. The van der Waals surface area contributed by atoms with Gasteiger partial charge in [-0.05, 0) is 42.0 Å². The number of carbonyl (C=O) groups is 1. The van der Waals surface area contributed by atoms with Crippen molar-refractivity contribution in [3.63, 3.8) is 0 Å². The number of phenols is 1. The molecule has 124 valence electrons. The van der Waals surface area contributed by atoms with Crippen molar-refractivity contribution in [2.24, 2.45) is 0 Å². The van der Waals surface area contributed by atoms with E-state index in [1.54, 1.807) is 30.3 Å². The van der Waals surface area contributed by atoms with Crippen molar-refractivity contribution in [3.8, 4) is 28.7 Å². The van der Waals surface area contributed by atoms with Crippen LogP contribution in [0.1, 0.15) is 15.9 Å². The maximum absolute atomic E-state index is 12.4. The lowest BCUT2D eigenvalue weighted by atomic mass is 10.1. The molecule has 2 aromatic rings. The van der Waals surface area contributed by atoms with E-state index in [4.69, 9.17) is 18.9 Å². The summed E-state index contributed by atoms with van der Waals surface area (Å²) in [7, 11) is 3.03. The molecule has 0 aromatic heterocycles. The molecule has 0 bridgehead atoms. The van der Waals surface area contributed by atoms with Crippen LogP contribution in [0.3, 0.4) is 0 Å². The third kappa shape index (κ3) is 2.99. The Labute approximate surface area is 138 Å². The second-order valence-electron chi connectivity index (χ2n) is 5.04. The van der Waals surface area contributed by atoms with Crippen molar-refractivity contribution >= 4 is 11.9 Å². The van der Waals surface area contributed by atoms with Gasteiger partial charge in [-0.25, -0.2) is 0 Å². The average molecular weight is 328 g/mol. The zero-order valence-electron chi connectivity index (χ0n) is 13.2. The van der Waals surface area contributed by atoms with Crippen LogP contribution in [0.25, 0.3) is 6.08 Å². The van der Waals surface area contributed by atoms with Crippen LogP contribution in [0, 0.1) is 0 Å². The van der Waals surface area contributed by atoms with Gasteiger partial charge in [0.05, 0.1) is 19.8 Å². The van der Waals surface area contributed by atoms with E-state index >= 15 is 0 Å². The largest absolute Gasteiger partial charge is 0.504 e. The second kappa shape index (κ2) is 6.54. The van der Waals surface area contributed by atoms with Crippen molar-refractivity contribution in [1.82, 2.24) is 0 Å². The van der Waals surface area contributed by atoms with Crippen LogP contribution in [0.4, 0.5) is 0 Å². The zero-order valence-corrected chi connectivity index (χ0v) is 13.2. The normalized spacial score (nSPS) is 12.4. The molecule has 0 atom stereocenters. The number of ether oxygens (including phenoxy) is 4. The third-order valence-corrected chi connectivity index (χ3v) is 3.57. The van der Waals surface area contributed by atoms with Crippen molar-refractivity contribution in [3.05, 3.63) is 47.5 Å². The van der Waals surface area contributed by atoms with Crippen LogP contribution in [-0.2, 0) is 0 Å². The number of hydrogen-bond acceptors (Lipinski definition) is 6. The van der Waals surface area contributed by atoms with Crippen LogP contribution in [0.15, 0.2) is 36.4 Å². The van der Waals surface area contributed by atoms with Gasteiger partial charge in [0.25, 0.3) is 0 Å². The van der Waals surface area contributed by atoms with Gasteiger partial charge in [0, 0.05) is 0 Å². The molecule has 1 heterocycles. The smallest absolute Gasteiger partial charge is 0.231 e. The second-order valence-corrected chi connectivity index (χ2v) is 5.04. The Bertz CT molecular complexity index is 809. The minimum Gasteiger partial charge on any atom is -0.504 e. The molecule has 1 N–H and O–H groups in total. The number of hydrogen-bond donors (Lipinski definition) is 1. The van der Waals surface area contributed by atoms with E-state index in [1.165, 1.54) is 26.4 Å². The Kier molecular flexibility index (Phi) is 4.29. The van der Waals surface area contributed by atoms with Crippen LogP contribution < -0.4 is 18.9 Å². The highest BCUT2D eigenvalue weighted by Crippen LogP contribution is 2.41. The Morgan fingerprint density at radius 2 is 2.00 bits per heavy atom. The molecule has 2 aromatic carbocycles. The lowest BCUT2D eigenvalue weighted by Gasteiger charge is -2.08. The molecule has 0 fully saturated rings. The van der Waals surface area contributed by atoms with Crippen molar-refractivity contribution in [2.45, 2.75) is 0 Å². The number of ketones is 1. The molecule has 24 heavy (non-hydrogen) atoms. The summed E-state index contributed by atoms with van der Waals surface area (Å²) in [6, 6.07) is 8.19. The number of aromatic hydroxyl groups is 1. The van der Waals surface area contributed by atoms with Gasteiger partial charge >= 0.3 is 0 Å². The fraction of sp³-hybridized carbons (Fsp3) is 0.167.